The zero-order valence-electron chi connectivity index (χ0n) is 15.7. The lowest BCUT2D eigenvalue weighted by Crippen LogP contribution is -2.22. The van der Waals surface area contributed by atoms with Crippen LogP contribution in [0.4, 0.5) is 5.82 Å². The minimum atomic E-state index is -0.566. The highest BCUT2D eigenvalue weighted by Gasteiger charge is 2.32. The molecule has 2 aromatic carbocycles. The van der Waals surface area contributed by atoms with Crippen LogP contribution in [0.3, 0.4) is 0 Å². The van der Waals surface area contributed by atoms with Crippen molar-refractivity contribution in [2.75, 3.05) is 12.4 Å². The Hall–Kier alpha value is -2.60. The van der Waals surface area contributed by atoms with Gasteiger partial charge in [0.05, 0.1) is 24.3 Å². The average molecular weight is 428 g/mol. The zero-order valence-corrected chi connectivity index (χ0v) is 17.2. The van der Waals surface area contributed by atoms with Crippen LogP contribution in [0.15, 0.2) is 49.0 Å². The minimum Gasteiger partial charge on any atom is -0.479 e. The van der Waals surface area contributed by atoms with Crippen LogP contribution < -0.4 is 10.1 Å². The summed E-state index contributed by atoms with van der Waals surface area (Å²) >= 11 is 12.4. The van der Waals surface area contributed by atoms with Crippen LogP contribution in [0.25, 0.3) is 17.3 Å². The maximum absolute atomic E-state index is 10.6. The van der Waals surface area contributed by atoms with Crippen LogP contribution in [0.1, 0.15) is 22.9 Å². The van der Waals surface area contributed by atoms with Gasteiger partial charge in [0, 0.05) is 17.0 Å². The number of methoxy groups -OCH3 is 1. The van der Waals surface area contributed by atoms with E-state index in [4.69, 9.17) is 27.9 Å². The first-order valence-corrected chi connectivity index (χ1v) is 9.83. The zero-order chi connectivity index (χ0) is 20.5. The molecular weight excluding hydrogens is 409 g/mol. The molecule has 0 spiro atoms. The molecule has 0 saturated carbocycles. The van der Waals surface area contributed by atoms with E-state index in [1.165, 1.54) is 7.11 Å². The number of aliphatic hydroxyl groups excluding tert-OH is 1. The van der Waals surface area contributed by atoms with Crippen LogP contribution >= 0.6 is 23.2 Å². The number of rotatable bonds is 5. The molecule has 2 N–H and O–H groups in total. The second-order valence-corrected chi connectivity index (χ2v) is 7.58. The van der Waals surface area contributed by atoms with Crippen molar-refractivity contribution in [3.05, 3.63) is 75.9 Å². The van der Waals surface area contributed by atoms with Gasteiger partial charge in [-0.15, -0.1) is 0 Å². The number of anilines is 1. The Morgan fingerprint density at radius 3 is 2.72 bits per heavy atom. The van der Waals surface area contributed by atoms with Crippen molar-refractivity contribution in [1.29, 1.82) is 0 Å². The molecule has 0 radical (unpaired) electrons. The lowest BCUT2D eigenvalue weighted by molar-refractivity contribution is 0.165. The molecule has 1 aliphatic rings. The van der Waals surface area contributed by atoms with Crippen LogP contribution in [0, 0.1) is 0 Å². The molecule has 1 unspecified atom stereocenters. The molecule has 29 heavy (non-hydrogen) atoms. The smallest absolute Gasteiger partial charge is 0.242 e. The van der Waals surface area contributed by atoms with Gasteiger partial charge in [0.25, 0.3) is 0 Å². The van der Waals surface area contributed by atoms with Crippen molar-refractivity contribution >= 4 is 35.1 Å². The average Bonchev–Trinajstić information content (AvgIpc) is 3.03. The highest BCUT2D eigenvalue weighted by atomic mass is 35.5. The molecule has 0 fully saturated rings. The summed E-state index contributed by atoms with van der Waals surface area (Å²) in [6.45, 7) is 3.86. The van der Waals surface area contributed by atoms with Crippen LogP contribution in [0.2, 0.25) is 10.0 Å². The number of aromatic nitrogens is 2. The van der Waals surface area contributed by atoms with E-state index in [9.17, 15) is 5.11 Å². The fraction of sp³-hybridized carbons (Fsp3) is 0.182. The van der Waals surface area contributed by atoms with Gasteiger partial charge in [-0.3, -0.25) is 0 Å². The van der Waals surface area contributed by atoms with Gasteiger partial charge in [-0.2, -0.15) is 4.98 Å². The van der Waals surface area contributed by atoms with Gasteiger partial charge in [-0.1, -0.05) is 54.0 Å². The molecular formula is C22H19Cl2N3O2. The van der Waals surface area contributed by atoms with Gasteiger partial charge < -0.3 is 15.2 Å². The first-order chi connectivity index (χ1) is 14.0. The van der Waals surface area contributed by atoms with E-state index >= 15 is 0 Å². The fourth-order valence-electron chi connectivity index (χ4n) is 3.58. The normalized spacial score (nSPS) is 17.7. The number of nitrogens with one attached hydrogen (secondary N) is 1. The highest BCUT2D eigenvalue weighted by molar-refractivity contribution is 6.36. The Morgan fingerprint density at radius 1 is 1.21 bits per heavy atom. The van der Waals surface area contributed by atoms with Crippen LogP contribution in [0.5, 0.6) is 5.88 Å². The van der Waals surface area contributed by atoms with Crippen LogP contribution in [-0.4, -0.2) is 28.3 Å². The van der Waals surface area contributed by atoms with E-state index in [2.05, 4.69) is 21.9 Å². The summed E-state index contributed by atoms with van der Waals surface area (Å²) in [5.41, 5.74) is 3.83. The Kier molecular flexibility index (Phi) is 5.46. The Bertz CT molecular complexity index is 1090. The SMILES string of the molecule is C=Cc1nc(-c2ccc(Cl)cc2Cl)c(OC)nc1NC1c2ccccc2C[C@@H]1O. The third-order valence-corrected chi connectivity index (χ3v) is 5.51. The molecule has 7 heteroatoms. The second kappa shape index (κ2) is 8.03. The van der Waals surface area contributed by atoms with E-state index in [0.717, 1.165) is 11.1 Å². The largest absolute Gasteiger partial charge is 0.479 e. The summed E-state index contributed by atoms with van der Waals surface area (Å²) in [7, 11) is 1.52. The van der Waals surface area contributed by atoms with Crippen molar-refractivity contribution in [1.82, 2.24) is 9.97 Å². The molecule has 0 bridgehead atoms. The van der Waals surface area contributed by atoms with Crippen molar-refractivity contribution in [2.45, 2.75) is 18.6 Å². The maximum Gasteiger partial charge on any atom is 0.242 e. The van der Waals surface area contributed by atoms with E-state index < -0.39 is 6.10 Å². The first kappa shape index (κ1) is 19.7. The molecule has 5 nitrogen and oxygen atoms in total. The number of benzene rings is 2. The van der Waals surface area contributed by atoms with Crippen molar-refractivity contribution in [3.63, 3.8) is 0 Å². The summed E-state index contributed by atoms with van der Waals surface area (Å²) < 4.78 is 5.48. The van der Waals surface area contributed by atoms with Gasteiger partial charge in [0.2, 0.25) is 5.88 Å². The van der Waals surface area contributed by atoms with Crippen molar-refractivity contribution < 1.29 is 9.84 Å². The predicted molar refractivity (Wildman–Crippen MR) is 117 cm³/mol. The van der Waals surface area contributed by atoms with Crippen LogP contribution in [-0.2, 0) is 6.42 Å². The second-order valence-electron chi connectivity index (χ2n) is 6.74. The standard InChI is InChI=1S/C22H19Cl2N3O2/c1-3-17-21(26-19-14-7-5-4-6-12(14)10-18(19)28)27-22(29-2)20(25-17)15-9-8-13(23)11-16(15)24/h3-9,11,18-19,28H,1,10H2,2H3,(H,26,27)/t18-,19?/m0/s1. The number of ether oxygens (including phenoxy) is 1. The molecule has 1 aromatic heterocycles. The third-order valence-electron chi connectivity index (χ3n) is 4.96. The predicted octanol–water partition coefficient (Wildman–Crippen LogP) is 5.17. The number of hydrogen-bond donors (Lipinski definition) is 2. The molecule has 148 valence electrons. The van der Waals surface area contributed by atoms with Crippen molar-refractivity contribution in [2.24, 2.45) is 0 Å². The lowest BCUT2D eigenvalue weighted by Gasteiger charge is -2.21. The molecule has 2 atom stereocenters. The van der Waals surface area contributed by atoms with Crippen molar-refractivity contribution in [3.8, 4) is 17.1 Å². The summed E-state index contributed by atoms with van der Waals surface area (Å²) in [5, 5.41) is 14.8. The molecule has 3 aromatic rings. The molecule has 4 rings (SSSR count). The Labute approximate surface area is 179 Å². The molecule has 1 heterocycles. The molecule has 0 amide bonds. The number of halogens is 2. The number of fused-ring (bicyclic) bond motifs is 1. The third kappa shape index (κ3) is 3.69. The van der Waals surface area contributed by atoms with Gasteiger partial charge in [0.15, 0.2) is 5.82 Å². The Morgan fingerprint density at radius 2 is 2.00 bits per heavy atom. The first-order valence-electron chi connectivity index (χ1n) is 9.08. The number of hydrogen-bond acceptors (Lipinski definition) is 5. The van der Waals surface area contributed by atoms with E-state index in [1.54, 1.807) is 24.3 Å². The molecule has 1 aliphatic carbocycles. The summed E-state index contributed by atoms with van der Waals surface area (Å²) in [6.07, 6.45) is 1.62. The van der Waals surface area contributed by atoms with E-state index in [1.807, 2.05) is 24.3 Å². The van der Waals surface area contributed by atoms with E-state index in [-0.39, 0.29) is 6.04 Å². The highest BCUT2D eigenvalue weighted by Crippen LogP contribution is 2.38. The monoisotopic (exact) mass is 427 g/mol. The van der Waals surface area contributed by atoms with Gasteiger partial charge in [0.1, 0.15) is 11.4 Å². The minimum absolute atomic E-state index is 0.297. The lowest BCUT2D eigenvalue weighted by atomic mass is 10.1. The maximum atomic E-state index is 10.6. The summed E-state index contributed by atoms with van der Waals surface area (Å²) in [5.74, 6) is 0.787. The fourth-order valence-corrected chi connectivity index (χ4v) is 4.07. The van der Waals surface area contributed by atoms with Gasteiger partial charge in [-0.05, 0) is 35.4 Å². The molecule has 0 saturated heterocycles. The topological polar surface area (TPSA) is 67.3 Å². The summed E-state index contributed by atoms with van der Waals surface area (Å²) in [6, 6.07) is 12.8. The van der Waals surface area contributed by atoms with Gasteiger partial charge in [-0.25, -0.2) is 4.98 Å². The Balaban J connectivity index is 1.77. The quantitative estimate of drug-likeness (QED) is 0.587. The number of aliphatic hydroxyl groups is 1. The molecule has 0 aliphatic heterocycles. The van der Waals surface area contributed by atoms with Gasteiger partial charge >= 0.3 is 0 Å². The van der Waals surface area contributed by atoms with E-state index in [0.29, 0.717) is 45.1 Å². The summed E-state index contributed by atoms with van der Waals surface area (Å²) in [4.78, 5) is 9.27. The number of nitrogens with zero attached hydrogens (tertiary/aromatic N) is 2.